The number of piperidine rings is 1. The number of nitrogen functional groups attached to an aromatic ring is 1. The van der Waals surface area contributed by atoms with Gasteiger partial charge in [0.25, 0.3) is 11.8 Å². The van der Waals surface area contributed by atoms with Crippen molar-refractivity contribution in [3.63, 3.8) is 0 Å². The van der Waals surface area contributed by atoms with Gasteiger partial charge in [0, 0.05) is 35.8 Å². The Morgan fingerprint density at radius 1 is 1.07 bits per heavy atom. The van der Waals surface area contributed by atoms with Crippen LogP contribution in [0.15, 0.2) is 60.2 Å². The molecule has 0 radical (unpaired) electrons. The number of carbonyl (C=O) groups excluding carboxylic acids is 2. The van der Waals surface area contributed by atoms with Crippen LogP contribution < -0.4 is 11.1 Å². The highest BCUT2D eigenvalue weighted by Crippen LogP contribution is 2.34. The van der Waals surface area contributed by atoms with Gasteiger partial charge in [-0.2, -0.15) is 23.5 Å². The number of fused-ring (bicyclic) bond motifs is 1. The zero-order valence-electron chi connectivity index (χ0n) is 23.4. The molecule has 2 aromatic carbocycles. The number of benzene rings is 2. The number of nitrogens with one attached hydrogen (secondary N) is 2. The number of rotatable bonds is 6. The van der Waals surface area contributed by atoms with Gasteiger partial charge in [-0.05, 0) is 68.0 Å². The van der Waals surface area contributed by atoms with Crippen LogP contribution in [0.25, 0.3) is 22.3 Å². The van der Waals surface area contributed by atoms with Crippen molar-refractivity contribution in [2.75, 3.05) is 24.1 Å². The lowest BCUT2D eigenvalue weighted by Gasteiger charge is -2.32. The third-order valence-electron chi connectivity index (χ3n) is 7.81. The van der Waals surface area contributed by atoms with E-state index in [2.05, 4.69) is 31.6 Å². The first-order chi connectivity index (χ1) is 21.1. The minimum atomic E-state index is -4.48. The Labute approximate surface area is 249 Å². The Bertz CT molecular complexity index is 1800. The standard InChI is InChI=1S/C31H27F3N8O2/c32-31(33,34)22-9-5-19(6-10-22)29(43)37-23-11-7-18(8-12-23)25-24-26(36)38-27(39-28(24)41-40-25)20-2-1-13-42(16-20)30(44)21(15-35)14-17-3-4-17/h5-12,14,17,20H,1-4,13,16H2,(H,37,43)(H3,36,38,39,40,41). The van der Waals surface area contributed by atoms with Gasteiger partial charge in [-0.3, -0.25) is 14.7 Å². The first kappa shape index (κ1) is 28.9. The van der Waals surface area contributed by atoms with E-state index in [-0.39, 0.29) is 28.8 Å². The van der Waals surface area contributed by atoms with Gasteiger partial charge in [0.15, 0.2) is 5.65 Å². The van der Waals surface area contributed by atoms with Gasteiger partial charge in [0.1, 0.15) is 23.3 Å². The van der Waals surface area contributed by atoms with E-state index in [1.54, 1.807) is 35.2 Å². The van der Waals surface area contributed by atoms with Crippen LogP contribution in [0.2, 0.25) is 0 Å². The number of nitriles is 1. The second-order valence-corrected chi connectivity index (χ2v) is 11.0. The summed E-state index contributed by atoms with van der Waals surface area (Å²) in [5.41, 5.74) is 7.93. The Balaban J connectivity index is 1.16. The molecule has 3 heterocycles. The number of nitrogens with two attached hydrogens (primary N) is 1. The summed E-state index contributed by atoms with van der Waals surface area (Å²) in [5, 5.41) is 20.0. The van der Waals surface area contributed by atoms with E-state index in [0.29, 0.717) is 52.8 Å². The molecule has 0 spiro atoms. The lowest BCUT2D eigenvalue weighted by Crippen LogP contribution is -2.40. The Morgan fingerprint density at radius 3 is 2.45 bits per heavy atom. The van der Waals surface area contributed by atoms with E-state index in [4.69, 9.17) is 5.73 Å². The SMILES string of the molecule is N#CC(=CC1CC1)C(=O)N1CCCC(c2nc(N)c3c(-c4ccc(NC(=O)c5ccc(C(F)(F)F)cc5)cc4)[nH]nc3n2)C1. The number of nitrogens with zero attached hydrogens (tertiary/aromatic N) is 5. The number of anilines is 2. The van der Waals surface area contributed by atoms with E-state index < -0.39 is 17.6 Å². The van der Waals surface area contributed by atoms with Crippen molar-refractivity contribution in [2.45, 2.75) is 37.8 Å². The highest BCUT2D eigenvalue weighted by molar-refractivity contribution is 6.04. The summed E-state index contributed by atoms with van der Waals surface area (Å²) in [6.45, 7) is 0.939. The molecule has 1 aliphatic heterocycles. The number of carbonyl (C=O) groups is 2. The number of amides is 2. The highest BCUT2D eigenvalue weighted by atomic mass is 19.4. The largest absolute Gasteiger partial charge is 0.416 e. The van der Waals surface area contributed by atoms with Crippen molar-refractivity contribution in [3.8, 4) is 17.3 Å². The lowest BCUT2D eigenvalue weighted by molar-refractivity contribution is -0.137. The predicted molar refractivity (Wildman–Crippen MR) is 156 cm³/mol. The topological polar surface area (TPSA) is 154 Å². The van der Waals surface area contributed by atoms with Gasteiger partial charge in [-0.25, -0.2) is 9.97 Å². The van der Waals surface area contributed by atoms with Crippen molar-refractivity contribution in [1.29, 1.82) is 5.26 Å². The maximum Gasteiger partial charge on any atom is 0.416 e. The molecule has 1 saturated heterocycles. The number of hydrogen-bond donors (Lipinski definition) is 3. The maximum atomic E-state index is 13.0. The fourth-order valence-electron chi connectivity index (χ4n) is 5.29. The molecular formula is C31H27F3N8O2. The number of H-pyrrole nitrogens is 1. The van der Waals surface area contributed by atoms with Crippen LogP contribution in [-0.4, -0.2) is 50.0 Å². The van der Waals surface area contributed by atoms with Crippen LogP contribution in [0, 0.1) is 17.2 Å². The van der Waals surface area contributed by atoms with Crippen LogP contribution in [0.4, 0.5) is 24.7 Å². The second kappa shape index (κ2) is 11.4. The van der Waals surface area contributed by atoms with Gasteiger partial charge in [0.2, 0.25) is 0 Å². The molecule has 2 amide bonds. The van der Waals surface area contributed by atoms with Crippen molar-refractivity contribution in [2.24, 2.45) is 5.92 Å². The van der Waals surface area contributed by atoms with E-state index in [0.717, 1.165) is 49.9 Å². The van der Waals surface area contributed by atoms with Gasteiger partial charge < -0.3 is 16.0 Å². The molecular weight excluding hydrogens is 573 g/mol. The Hall–Kier alpha value is -5.25. The minimum absolute atomic E-state index is 0.0908. The van der Waals surface area contributed by atoms with Crippen molar-refractivity contribution in [3.05, 3.63) is 77.1 Å². The maximum absolute atomic E-state index is 13.0. The summed E-state index contributed by atoms with van der Waals surface area (Å²) in [6.07, 6.45) is 0.814. The van der Waals surface area contributed by atoms with Crippen LogP contribution in [0.1, 0.15) is 53.3 Å². The monoisotopic (exact) mass is 600 g/mol. The summed E-state index contributed by atoms with van der Waals surface area (Å²) in [4.78, 5) is 36.5. The molecule has 4 N–H and O–H groups in total. The molecule has 1 atom stereocenters. The number of likely N-dealkylation sites (tertiary alicyclic amines) is 1. The molecule has 13 heteroatoms. The summed E-state index contributed by atoms with van der Waals surface area (Å²) < 4.78 is 38.4. The summed E-state index contributed by atoms with van der Waals surface area (Å²) in [7, 11) is 0. The van der Waals surface area contributed by atoms with Crippen molar-refractivity contribution in [1.82, 2.24) is 25.1 Å². The zero-order chi connectivity index (χ0) is 31.0. The Kier molecular flexibility index (Phi) is 7.50. The van der Waals surface area contributed by atoms with Gasteiger partial charge in [-0.15, -0.1) is 0 Å². The molecule has 4 aromatic rings. The highest BCUT2D eigenvalue weighted by Gasteiger charge is 2.31. The van der Waals surface area contributed by atoms with Crippen LogP contribution >= 0.6 is 0 Å². The van der Waals surface area contributed by atoms with Gasteiger partial charge in [-0.1, -0.05) is 18.2 Å². The zero-order valence-corrected chi connectivity index (χ0v) is 23.4. The summed E-state index contributed by atoms with van der Waals surface area (Å²) in [6, 6.07) is 12.8. The molecule has 2 fully saturated rings. The van der Waals surface area contributed by atoms with Gasteiger partial charge >= 0.3 is 6.18 Å². The molecule has 2 aliphatic rings. The van der Waals surface area contributed by atoms with Crippen LogP contribution in [0.5, 0.6) is 0 Å². The second-order valence-electron chi connectivity index (χ2n) is 11.0. The van der Waals surface area contributed by atoms with Crippen molar-refractivity contribution < 1.29 is 22.8 Å². The average molecular weight is 601 g/mol. The number of hydrogen-bond acceptors (Lipinski definition) is 7. The molecule has 1 saturated carbocycles. The smallest absolute Gasteiger partial charge is 0.383 e. The first-order valence-corrected chi connectivity index (χ1v) is 14.1. The molecule has 2 aromatic heterocycles. The number of aromatic nitrogens is 4. The fourth-order valence-corrected chi connectivity index (χ4v) is 5.29. The van der Waals surface area contributed by atoms with Crippen molar-refractivity contribution >= 4 is 34.4 Å². The molecule has 0 bridgehead atoms. The number of alkyl halides is 3. The van der Waals surface area contributed by atoms with E-state index >= 15 is 0 Å². The first-order valence-electron chi connectivity index (χ1n) is 14.1. The number of halogens is 3. The molecule has 224 valence electrons. The number of allylic oxidation sites excluding steroid dienone is 1. The van der Waals surface area contributed by atoms with Gasteiger partial charge in [0.05, 0.1) is 16.6 Å². The van der Waals surface area contributed by atoms with Crippen LogP contribution in [-0.2, 0) is 11.0 Å². The fraction of sp³-hybridized carbons (Fsp3) is 0.290. The average Bonchev–Trinajstić information content (AvgIpc) is 3.75. The summed E-state index contributed by atoms with van der Waals surface area (Å²) >= 11 is 0. The quantitative estimate of drug-likeness (QED) is 0.197. The van der Waals surface area contributed by atoms with E-state index in [1.807, 2.05) is 0 Å². The molecule has 44 heavy (non-hydrogen) atoms. The normalized spacial score (nSPS) is 17.4. The van der Waals surface area contributed by atoms with E-state index in [1.165, 1.54) is 0 Å². The molecule has 1 unspecified atom stereocenters. The van der Waals surface area contributed by atoms with Crippen LogP contribution in [0.3, 0.4) is 0 Å². The van der Waals surface area contributed by atoms with E-state index in [9.17, 15) is 28.0 Å². The summed E-state index contributed by atoms with van der Waals surface area (Å²) in [5.74, 6) is 0.0533. The molecule has 1 aliphatic carbocycles. The Morgan fingerprint density at radius 2 is 1.80 bits per heavy atom. The third-order valence-corrected chi connectivity index (χ3v) is 7.81. The number of aromatic amines is 1. The third kappa shape index (κ3) is 5.96. The predicted octanol–water partition coefficient (Wildman–Crippen LogP) is 5.44. The molecule has 10 nitrogen and oxygen atoms in total. The minimum Gasteiger partial charge on any atom is -0.383 e. The lowest BCUT2D eigenvalue weighted by atomic mass is 9.96. The molecule has 6 rings (SSSR count).